The van der Waals surface area contributed by atoms with Crippen molar-refractivity contribution in [2.24, 2.45) is 5.73 Å². The fourth-order valence-corrected chi connectivity index (χ4v) is 11.0. The lowest BCUT2D eigenvalue weighted by Gasteiger charge is -2.40. The number of β-amino-alcohol motifs (C(OH)–C–C–N with tert-alkyl or cyclic N) is 1. The first-order valence-electron chi connectivity index (χ1n) is 25.6. The first-order chi connectivity index (χ1) is 37.8. The van der Waals surface area contributed by atoms with Gasteiger partial charge < -0.3 is 38.8 Å². The number of hydrogen-bond acceptors (Lipinski definition) is 21. The molecule has 0 saturated carbocycles. The van der Waals surface area contributed by atoms with Crippen molar-refractivity contribution in [2.75, 3.05) is 72.1 Å². The molecule has 0 spiro atoms. The number of nitrogens with zero attached hydrogens (tertiary/aromatic N) is 10. The van der Waals surface area contributed by atoms with E-state index in [9.17, 15) is 27.9 Å². The number of ether oxygens (including phenoxy) is 4. The third-order valence-corrected chi connectivity index (χ3v) is 15.4. The summed E-state index contributed by atoms with van der Waals surface area (Å²) in [5, 5.41) is 20.9. The van der Waals surface area contributed by atoms with Crippen LogP contribution in [0.3, 0.4) is 0 Å². The van der Waals surface area contributed by atoms with Gasteiger partial charge in [-0.3, -0.25) is 24.4 Å². The second-order valence-corrected chi connectivity index (χ2v) is 22.5. The highest BCUT2D eigenvalue weighted by atomic mass is 32.1. The van der Waals surface area contributed by atoms with Gasteiger partial charge >= 0.3 is 12.1 Å². The van der Waals surface area contributed by atoms with E-state index in [0.717, 1.165) is 68.8 Å². The molecular weight excluding hydrogens is 1070 g/mol. The Kier molecular flexibility index (Phi) is 16.5. The van der Waals surface area contributed by atoms with Crippen molar-refractivity contribution in [3.63, 3.8) is 0 Å². The van der Waals surface area contributed by atoms with E-state index >= 15 is 0 Å². The molecule has 3 N–H and O–H groups in total. The minimum atomic E-state index is -4.49. The number of aliphatic hydroxyl groups excluding tert-OH is 1. The van der Waals surface area contributed by atoms with Gasteiger partial charge in [0.1, 0.15) is 48.7 Å². The minimum absolute atomic E-state index is 0.0527. The summed E-state index contributed by atoms with van der Waals surface area (Å²) in [6, 6.07) is 21.9. The van der Waals surface area contributed by atoms with Crippen LogP contribution in [0.4, 0.5) is 13.2 Å². The molecule has 4 aromatic heterocycles. The largest absolute Gasteiger partial charge is 0.491 e. The number of rotatable bonds is 21. The number of primary amides is 1. The van der Waals surface area contributed by atoms with Gasteiger partial charge in [-0.2, -0.15) is 23.1 Å². The summed E-state index contributed by atoms with van der Waals surface area (Å²) in [6.07, 6.45) is -6.04. The second kappa shape index (κ2) is 23.7. The normalized spacial score (nSPS) is 17.0. The number of aryl methyl sites for hydroxylation is 2. The number of alkyl halides is 3. The number of amides is 1. The Morgan fingerprint density at radius 3 is 1.97 bits per heavy atom. The first kappa shape index (κ1) is 55.2. The molecule has 6 heterocycles. The summed E-state index contributed by atoms with van der Waals surface area (Å²) in [5.41, 5.74) is 6.37. The summed E-state index contributed by atoms with van der Waals surface area (Å²) >= 11 is 3.19. The standard InChI is InChI=1S/C54H58F3N11O9S2/c1-32-59-42-23-39(13-15-45(42)78-32)72-30-37(69)25-65-17-19-66(20-18-65)29-48-62-50(64-76-48)34-7-11-38(12-8-34)75-53(3,4)52(71)74-41(31-73-40-14-16-46-43(24-40)60-33(2)79-46)26-68-22-21-67(27-44(68)49(58)70)28-47-61-51(77-63-47)35-5-9-36(10-6-35)54(55,56)57/h5-16,23-24,37,41,44,69H,17-22,25-31H2,1-4H3,(H2,58,70)/t37-,41-,44?/m0/s1. The van der Waals surface area contributed by atoms with E-state index in [2.05, 4.69) is 40.0 Å². The number of halogens is 3. The molecule has 2 aliphatic heterocycles. The number of aliphatic hydroxyl groups is 1. The second-order valence-electron chi connectivity index (χ2n) is 20.0. The summed E-state index contributed by atoms with van der Waals surface area (Å²) in [5.74, 6) is 1.48. The van der Waals surface area contributed by atoms with Crippen LogP contribution in [0.15, 0.2) is 94.0 Å². The predicted molar refractivity (Wildman–Crippen MR) is 286 cm³/mol. The zero-order chi connectivity index (χ0) is 55.4. The smallest absolute Gasteiger partial charge is 0.416 e. The Labute approximate surface area is 459 Å². The number of aromatic nitrogens is 6. The average Bonchev–Trinajstić information content (AvgIpc) is 4.29. The van der Waals surface area contributed by atoms with Crippen LogP contribution in [0.1, 0.15) is 41.1 Å². The van der Waals surface area contributed by atoms with Crippen molar-refractivity contribution in [3.05, 3.63) is 112 Å². The van der Waals surface area contributed by atoms with E-state index in [4.69, 9.17) is 33.7 Å². The third-order valence-electron chi connectivity index (χ3n) is 13.5. The molecule has 1 amide bonds. The van der Waals surface area contributed by atoms with E-state index in [1.54, 1.807) is 60.8 Å². The summed E-state index contributed by atoms with van der Waals surface area (Å²) in [7, 11) is 0. The lowest BCUT2D eigenvalue weighted by molar-refractivity contribution is -0.168. The van der Waals surface area contributed by atoms with Gasteiger partial charge in [-0.05, 0) is 100 Å². The van der Waals surface area contributed by atoms with Gasteiger partial charge in [0, 0.05) is 82.2 Å². The van der Waals surface area contributed by atoms with Gasteiger partial charge in [0.2, 0.25) is 17.6 Å². The summed E-state index contributed by atoms with van der Waals surface area (Å²) in [6.45, 7) is 12.4. The maximum Gasteiger partial charge on any atom is 0.416 e. The third kappa shape index (κ3) is 14.0. The Morgan fingerprint density at radius 1 is 0.722 bits per heavy atom. The highest BCUT2D eigenvalue weighted by Crippen LogP contribution is 2.32. The number of esters is 1. The number of benzene rings is 4. The zero-order valence-electron chi connectivity index (χ0n) is 43.7. The molecule has 3 atom stereocenters. The Bertz CT molecular complexity index is 3380. The maximum atomic E-state index is 14.1. The Hall–Kier alpha value is -7.13. The van der Waals surface area contributed by atoms with Crippen molar-refractivity contribution in [3.8, 4) is 40.1 Å². The van der Waals surface area contributed by atoms with E-state index < -0.39 is 47.5 Å². The number of carbonyl (C=O) groups excluding carboxylic acids is 2. The number of piperazine rings is 2. The zero-order valence-corrected chi connectivity index (χ0v) is 45.4. The van der Waals surface area contributed by atoms with Crippen molar-refractivity contribution >= 4 is 55.0 Å². The van der Waals surface area contributed by atoms with Crippen molar-refractivity contribution < 1.29 is 55.9 Å². The monoisotopic (exact) mass is 1130 g/mol. The Balaban J connectivity index is 0.721. The van der Waals surface area contributed by atoms with Crippen LogP contribution in [0.5, 0.6) is 17.2 Å². The maximum absolute atomic E-state index is 14.1. The van der Waals surface area contributed by atoms with Crippen LogP contribution < -0.4 is 19.9 Å². The molecule has 0 bridgehead atoms. The lowest BCUT2D eigenvalue weighted by Crippen LogP contribution is -2.60. The molecule has 2 aliphatic rings. The summed E-state index contributed by atoms with van der Waals surface area (Å²) < 4.78 is 77.0. The van der Waals surface area contributed by atoms with E-state index in [1.807, 2.05) is 60.0 Å². The number of hydrogen-bond donors (Lipinski definition) is 2. The van der Waals surface area contributed by atoms with Gasteiger partial charge in [0.15, 0.2) is 11.4 Å². The minimum Gasteiger partial charge on any atom is -0.491 e. The van der Waals surface area contributed by atoms with Gasteiger partial charge in [-0.1, -0.05) is 10.3 Å². The highest BCUT2D eigenvalue weighted by molar-refractivity contribution is 7.18. The number of carbonyl (C=O) groups is 2. The molecule has 0 radical (unpaired) electrons. The molecule has 2 saturated heterocycles. The SMILES string of the molecule is Cc1nc2cc(OC[C@@H](O)CN3CCN(Cc4nc(-c5ccc(OC(C)(C)C(=O)O[C@H](COc6ccc7sc(C)nc7c6)CN6CCN(Cc7noc(-c8ccc(C(F)(F)F)cc8)n7)CC6C(N)=O)cc5)no4)CC3)ccc2s1. The van der Waals surface area contributed by atoms with Gasteiger partial charge in [0.05, 0.1) is 49.1 Å². The predicted octanol–water partition coefficient (Wildman–Crippen LogP) is 7.02. The molecule has 25 heteroatoms. The molecule has 0 aliphatic carbocycles. The van der Waals surface area contributed by atoms with E-state index in [0.29, 0.717) is 66.3 Å². The van der Waals surface area contributed by atoms with Crippen LogP contribution in [-0.4, -0.2) is 163 Å². The molecule has 8 aromatic rings. The average molecular weight is 1130 g/mol. The quantitative estimate of drug-likeness (QED) is 0.0688. The van der Waals surface area contributed by atoms with E-state index in [1.165, 1.54) is 12.1 Å². The molecule has 79 heavy (non-hydrogen) atoms. The number of fused-ring (bicyclic) bond motifs is 2. The van der Waals surface area contributed by atoms with Crippen LogP contribution in [0, 0.1) is 13.8 Å². The molecule has 416 valence electrons. The molecule has 4 aromatic carbocycles. The highest BCUT2D eigenvalue weighted by Gasteiger charge is 2.38. The van der Waals surface area contributed by atoms with Crippen molar-refractivity contribution in [1.82, 2.24) is 49.8 Å². The molecule has 20 nitrogen and oxygen atoms in total. The first-order valence-corrected chi connectivity index (χ1v) is 27.2. The lowest BCUT2D eigenvalue weighted by atomic mass is 10.1. The topological polar surface area (TPSA) is 234 Å². The van der Waals surface area contributed by atoms with Crippen LogP contribution in [0.2, 0.25) is 0 Å². The van der Waals surface area contributed by atoms with E-state index in [-0.39, 0.29) is 44.6 Å². The molecular formula is C54H58F3N11O9S2. The van der Waals surface area contributed by atoms with Crippen molar-refractivity contribution in [2.45, 2.75) is 70.8 Å². The number of thiazole rings is 2. The van der Waals surface area contributed by atoms with Crippen LogP contribution in [0.25, 0.3) is 43.3 Å². The van der Waals surface area contributed by atoms with Crippen LogP contribution in [-0.2, 0) is 33.6 Å². The number of nitrogens with two attached hydrogens (primary N) is 1. The van der Waals surface area contributed by atoms with Gasteiger partial charge in [-0.25, -0.2) is 14.8 Å². The fraction of sp³-hybridized carbons (Fsp3) is 0.407. The molecule has 2 fully saturated rings. The fourth-order valence-electron chi connectivity index (χ4n) is 9.35. The molecule has 1 unspecified atom stereocenters. The Morgan fingerprint density at radius 2 is 1.33 bits per heavy atom. The van der Waals surface area contributed by atoms with Crippen LogP contribution >= 0.6 is 22.7 Å². The summed E-state index contributed by atoms with van der Waals surface area (Å²) in [4.78, 5) is 53.5. The molecule has 10 rings (SSSR count). The van der Waals surface area contributed by atoms with Crippen molar-refractivity contribution in [1.29, 1.82) is 0 Å². The van der Waals surface area contributed by atoms with Gasteiger partial charge in [-0.15, -0.1) is 22.7 Å². The van der Waals surface area contributed by atoms with Gasteiger partial charge in [0.25, 0.3) is 5.89 Å².